The Kier molecular flexibility index (Phi) is 14.1. The highest BCUT2D eigenvalue weighted by molar-refractivity contribution is 7.02. The van der Waals surface area contributed by atoms with E-state index in [0.717, 1.165) is 141 Å². The van der Waals surface area contributed by atoms with Crippen LogP contribution in [0.1, 0.15) is 0 Å². The molecule has 2 aromatic heterocycles. The molecule has 0 atom stereocenters. The number of hydrogen-bond donors (Lipinski definition) is 0. The van der Waals surface area contributed by atoms with Gasteiger partial charge in [-0.05, 0) is 153 Å². The summed E-state index contributed by atoms with van der Waals surface area (Å²) < 4.78 is 10.7. The first kappa shape index (κ1) is 62.6. The maximum atomic E-state index is 8.15. The number of ether oxygens (including phenoxy) is 1. The molecule has 0 radical (unpaired) electrons. The monoisotopic (exact) mass is 1410 g/mol. The summed E-state index contributed by atoms with van der Waals surface area (Å²) in [4.78, 5) is 12.6. The molecule has 4 aliphatic rings. The minimum absolute atomic E-state index is 0.295. The Morgan fingerprint density at radius 2 is 0.685 bits per heavy atom. The number of anilines is 15. The van der Waals surface area contributed by atoms with Crippen molar-refractivity contribution in [1.82, 2.24) is 4.40 Å². The Hall–Kier alpha value is -14.5. The van der Waals surface area contributed by atoms with Gasteiger partial charge in [-0.2, -0.15) is 0 Å². The third-order valence-corrected chi connectivity index (χ3v) is 23.4. The fraction of sp³-hybridized carbons (Fsp3) is 0. The highest BCUT2D eigenvalue weighted by atomic mass is 16.5. The normalized spacial score (nSPS) is 12.8. The molecule has 7 nitrogen and oxygen atoms in total. The van der Waals surface area contributed by atoms with Crippen LogP contribution in [-0.4, -0.2) is 17.8 Å². The van der Waals surface area contributed by atoms with Gasteiger partial charge in [0.25, 0.3) is 13.4 Å². The van der Waals surface area contributed by atoms with Gasteiger partial charge in [-0.3, -0.25) is 0 Å². The van der Waals surface area contributed by atoms with Crippen molar-refractivity contribution >= 4 is 170 Å². The van der Waals surface area contributed by atoms with E-state index in [1.807, 2.05) is 0 Å². The molecule has 0 saturated heterocycles. The van der Waals surface area contributed by atoms with Crippen molar-refractivity contribution in [2.75, 3.05) is 24.5 Å². The second-order valence-corrected chi connectivity index (χ2v) is 29.4. The maximum absolute atomic E-state index is 8.15. The minimum Gasteiger partial charge on any atom is -0.458 e. The molecule has 9 heteroatoms. The zero-order valence-corrected chi connectivity index (χ0v) is 60.4. The van der Waals surface area contributed by atoms with E-state index in [1.165, 1.54) is 59.9 Å². The van der Waals surface area contributed by atoms with Crippen LogP contribution in [0.15, 0.2) is 400 Å². The molecule has 0 spiro atoms. The summed E-state index contributed by atoms with van der Waals surface area (Å²) in [7, 11) is 0. The lowest BCUT2D eigenvalue weighted by molar-refractivity contribution is 0.488. The van der Waals surface area contributed by atoms with Crippen LogP contribution in [-0.2, 0) is 0 Å². The molecule has 516 valence electrons. The summed E-state index contributed by atoms with van der Waals surface area (Å²) in [5.74, 6) is 1.58. The van der Waals surface area contributed by atoms with E-state index < -0.39 is 0 Å². The van der Waals surface area contributed by atoms with Crippen molar-refractivity contribution in [2.45, 2.75) is 0 Å². The fourth-order valence-corrected chi connectivity index (χ4v) is 18.9. The number of nitrogens with zero attached hydrogens (tertiary/aromatic N) is 6. The van der Waals surface area contributed by atoms with Crippen molar-refractivity contribution in [1.29, 1.82) is 0 Å². The molecule has 0 N–H and O–H groups in total. The Balaban J connectivity index is 0.837. The van der Waals surface area contributed by atoms with Gasteiger partial charge in [-0.15, -0.1) is 0 Å². The molecule has 111 heavy (non-hydrogen) atoms. The largest absolute Gasteiger partial charge is 0.458 e. The van der Waals surface area contributed by atoms with Gasteiger partial charge in [0.1, 0.15) is 11.5 Å². The number of benzene rings is 17. The SMILES string of the molecule is c1ccc(-c2ccccc2N(c2ccccc2)c2cc3c4c(c2)N(c2c(-c5ccccc5)cccc2-c2ccccc2)c2ccccc2B4c2cc4c(cc2O3)N(c2ccccc2)c2cc(N(c3ccccc3)c3ccccc3)cc3c2B4c2cc4c5cccc6c7ccccc7n(c4cc2N3c2ccccc2)c65)cc1. The smallest absolute Gasteiger partial charge is 0.256 e. The van der Waals surface area contributed by atoms with E-state index in [9.17, 15) is 0 Å². The molecule has 19 aromatic rings. The Morgan fingerprint density at radius 1 is 0.243 bits per heavy atom. The molecule has 0 fully saturated rings. The molecule has 0 unspecified atom stereocenters. The van der Waals surface area contributed by atoms with E-state index in [-0.39, 0.29) is 13.4 Å². The van der Waals surface area contributed by atoms with E-state index in [4.69, 9.17) is 4.74 Å². The molecule has 0 saturated carbocycles. The van der Waals surface area contributed by atoms with Crippen molar-refractivity contribution in [3.8, 4) is 44.9 Å². The van der Waals surface area contributed by atoms with Gasteiger partial charge in [0.15, 0.2) is 0 Å². The first-order valence-corrected chi connectivity index (χ1v) is 38.3. The van der Waals surface area contributed by atoms with Gasteiger partial charge in [0, 0.05) is 113 Å². The second-order valence-electron chi connectivity index (χ2n) is 29.4. The summed E-state index contributed by atoms with van der Waals surface area (Å²) in [6.45, 7) is -0.605. The van der Waals surface area contributed by atoms with Gasteiger partial charge in [-0.25, -0.2) is 0 Å². The van der Waals surface area contributed by atoms with E-state index in [0.29, 0.717) is 0 Å². The summed E-state index contributed by atoms with van der Waals surface area (Å²) in [6.07, 6.45) is 0. The predicted molar refractivity (Wildman–Crippen MR) is 467 cm³/mol. The van der Waals surface area contributed by atoms with Crippen LogP contribution in [0.2, 0.25) is 0 Å². The van der Waals surface area contributed by atoms with E-state index in [1.54, 1.807) is 0 Å². The summed E-state index contributed by atoms with van der Waals surface area (Å²) >= 11 is 0. The summed E-state index contributed by atoms with van der Waals surface area (Å²) in [5, 5.41) is 4.97. The van der Waals surface area contributed by atoms with Gasteiger partial charge >= 0.3 is 0 Å². The molecule has 23 rings (SSSR count). The third kappa shape index (κ3) is 9.62. The lowest BCUT2D eigenvalue weighted by Crippen LogP contribution is -2.64. The Bertz CT molecular complexity index is 6790. The van der Waals surface area contributed by atoms with Crippen LogP contribution in [0.3, 0.4) is 0 Å². The zero-order valence-electron chi connectivity index (χ0n) is 60.4. The zero-order chi connectivity index (χ0) is 72.8. The lowest BCUT2D eigenvalue weighted by atomic mass is 9.30. The topological polar surface area (TPSA) is 29.8 Å². The van der Waals surface area contributed by atoms with Crippen molar-refractivity contribution in [3.63, 3.8) is 0 Å². The molecular formula is C102H66B2N6O. The fourth-order valence-electron chi connectivity index (χ4n) is 18.9. The molecule has 0 aliphatic carbocycles. The van der Waals surface area contributed by atoms with E-state index in [2.05, 4.69) is 429 Å². The van der Waals surface area contributed by atoms with Crippen LogP contribution in [0.5, 0.6) is 11.5 Å². The Labute approximate surface area is 644 Å². The van der Waals surface area contributed by atoms with Crippen LogP contribution in [0.4, 0.5) is 85.3 Å². The lowest BCUT2D eigenvalue weighted by Gasteiger charge is -2.46. The maximum Gasteiger partial charge on any atom is 0.256 e. The van der Waals surface area contributed by atoms with Crippen molar-refractivity contribution < 1.29 is 4.74 Å². The predicted octanol–water partition coefficient (Wildman–Crippen LogP) is 23.3. The molecular weight excluding hydrogens is 1350 g/mol. The molecule has 4 aliphatic heterocycles. The molecule has 0 amide bonds. The molecule has 0 bridgehead atoms. The average molecular weight is 1410 g/mol. The highest BCUT2D eigenvalue weighted by Crippen LogP contribution is 2.55. The number of fused-ring (bicyclic) bond motifs is 14. The first-order chi connectivity index (χ1) is 55.1. The van der Waals surface area contributed by atoms with Gasteiger partial charge in [0.05, 0.1) is 39.3 Å². The number of para-hydroxylation sites is 10. The first-order valence-electron chi connectivity index (χ1n) is 38.3. The second kappa shape index (κ2) is 25.0. The van der Waals surface area contributed by atoms with Crippen LogP contribution in [0.25, 0.3) is 71.5 Å². The summed E-state index contributed by atoms with van der Waals surface area (Å²) in [5.41, 5.74) is 33.1. The van der Waals surface area contributed by atoms with Gasteiger partial charge in [-0.1, -0.05) is 285 Å². The van der Waals surface area contributed by atoms with Crippen molar-refractivity contribution in [3.05, 3.63) is 400 Å². The van der Waals surface area contributed by atoms with Crippen LogP contribution < -0.4 is 62.0 Å². The third-order valence-electron chi connectivity index (χ3n) is 23.4. The summed E-state index contributed by atoms with van der Waals surface area (Å²) in [6, 6.07) is 148. The molecule has 6 heterocycles. The highest BCUT2D eigenvalue weighted by Gasteiger charge is 2.49. The minimum atomic E-state index is -0.309. The number of aromatic nitrogens is 1. The Morgan fingerprint density at radius 3 is 1.30 bits per heavy atom. The average Bonchev–Trinajstić information content (AvgIpc) is 1.66. The van der Waals surface area contributed by atoms with Crippen molar-refractivity contribution in [2.24, 2.45) is 0 Å². The number of hydrogen-bond acceptors (Lipinski definition) is 6. The van der Waals surface area contributed by atoms with Crippen LogP contribution in [0, 0.1) is 0 Å². The van der Waals surface area contributed by atoms with E-state index >= 15 is 0 Å². The molecule has 17 aromatic carbocycles. The quantitative estimate of drug-likeness (QED) is 0.113. The van der Waals surface area contributed by atoms with Gasteiger partial charge in [0.2, 0.25) is 0 Å². The van der Waals surface area contributed by atoms with Gasteiger partial charge < -0.3 is 33.6 Å². The number of rotatable bonds is 12. The standard InChI is InChI=1S/C102H66B2N6O/c1-9-33-67(34-10-1)77-49-25-28-56-88(77)106(72-43-19-6-20-44-72)76-61-96-100-98(62-76)111-97-66-93-86(64-87(97)103(100)84-55-27-30-58-90(84)110(96)101-78(68-35-11-2-12-36-68)51-31-52-79(101)69-37-13-3-14-38-69)104-85-63-83-82-54-32-53-81-80-50-26-29-57-89(80)109(102(81)82)91(83)65-92(85)107(73-45-21-7-22-46-73)94-59-75(60-95(99(94)104)108(93)74-47-23-8-24-48-74)105(70-39-15-4-16-40-70)71-41-17-5-18-42-71/h1-66H. The van der Waals surface area contributed by atoms with Crippen LogP contribution >= 0.6 is 0 Å².